The molecule has 4 rings (SSSR count). The first-order valence-electron chi connectivity index (χ1n) is 13.9. The van der Waals surface area contributed by atoms with Crippen LogP contribution in [-0.2, 0) is 20.8 Å². The number of halogens is 3. The normalized spacial score (nSPS) is 25.1. The molecule has 2 aromatic rings. The minimum atomic E-state index is -4.52. The monoisotopic (exact) mass is 580 g/mol. The fourth-order valence-electron chi connectivity index (χ4n) is 6.25. The number of amides is 1. The average molecular weight is 581 g/mol. The van der Waals surface area contributed by atoms with Gasteiger partial charge in [-0.05, 0) is 88.7 Å². The molecule has 0 spiro atoms. The van der Waals surface area contributed by atoms with Gasteiger partial charge in [0, 0.05) is 30.6 Å². The standard InChI is InChI=1S/C30H39F3N2O4S/c1-20(2)34(3)25-12-13-27(23(17-25)19-40(38,39)26-10-5-4-6-11-26)35-15-14-22(29(35)37)18-28(36)21-8-7-9-24(16-21)30(31,32)33/h4-11,16,20,22-23,25,27-28,36H,12-15,17-19H2,1-3H3/t22?,23-,25?,27?,28-/m0/s1. The minimum Gasteiger partial charge on any atom is -0.388 e. The van der Waals surface area contributed by atoms with Crippen molar-refractivity contribution >= 4 is 15.7 Å². The summed E-state index contributed by atoms with van der Waals surface area (Å²) in [5.74, 6) is -1.02. The van der Waals surface area contributed by atoms with E-state index in [-0.39, 0.29) is 46.5 Å². The van der Waals surface area contributed by atoms with Crippen molar-refractivity contribution < 1.29 is 31.5 Å². The molecule has 1 saturated heterocycles. The van der Waals surface area contributed by atoms with Crippen LogP contribution < -0.4 is 0 Å². The molecule has 1 heterocycles. The van der Waals surface area contributed by atoms with E-state index in [2.05, 4.69) is 18.7 Å². The summed E-state index contributed by atoms with van der Waals surface area (Å²) in [4.78, 5) is 17.9. The Morgan fingerprint density at radius 1 is 1.05 bits per heavy atom. The van der Waals surface area contributed by atoms with Gasteiger partial charge in [0.2, 0.25) is 5.91 Å². The summed E-state index contributed by atoms with van der Waals surface area (Å²) in [7, 11) is -1.54. The lowest BCUT2D eigenvalue weighted by atomic mass is 9.80. The number of rotatable bonds is 9. The van der Waals surface area contributed by atoms with Crippen LogP contribution in [0.15, 0.2) is 59.5 Å². The van der Waals surface area contributed by atoms with Crippen LogP contribution in [0.3, 0.4) is 0 Å². The maximum absolute atomic E-state index is 13.6. The van der Waals surface area contributed by atoms with E-state index in [4.69, 9.17) is 0 Å². The molecule has 1 amide bonds. The van der Waals surface area contributed by atoms with Gasteiger partial charge in [0.25, 0.3) is 0 Å². The number of aliphatic hydroxyl groups is 1. The molecular formula is C30H39F3N2O4S. The Labute approximate surface area is 235 Å². The van der Waals surface area contributed by atoms with Crippen LogP contribution in [0.2, 0.25) is 0 Å². The van der Waals surface area contributed by atoms with Gasteiger partial charge in [-0.2, -0.15) is 13.2 Å². The molecule has 5 atom stereocenters. The number of likely N-dealkylation sites (tertiary alicyclic amines) is 1. The molecule has 0 radical (unpaired) electrons. The highest BCUT2D eigenvalue weighted by Gasteiger charge is 2.44. The van der Waals surface area contributed by atoms with Crippen molar-refractivity contribution in [3.8, 4) is 0 Å². The maximum Gasteiger partial charge on any atom is 0.416 e. The average Bonchev–Trinajstić information content (AvgIpc) is 3.27. The molecule has 0 bridgehead atoms. The van der Waals surface area contributed by atoms with Gasteiger partial charge in [0.1, 0.15) is 0 Å². The number of hydrogen-bond acceptors (Lipinski definition) is 5. The second-order valence-corrected chi connectivity index (χ2v) is 13.6. The van der Waals surface area contributed by atoms with Gasteiger partial charge in [0.15, 0.2) is 9.84 Å². The molecule has 40 heavy (non-hydrogen) atoms. The summed E-state index contributed by atoms with van der Waals surface area (Å²) in [6, 6.07) is 13.2. The van der Waals surface area contributed by atoms with E-state index in [1.807, 2.05) is 7.05 Å². The van der Waals surface area contributed by atoms with Gasteiger partial charge in [-0.15, -0.1) is 0 Å². The Balaban J connectivity index is 1.51. The Morgan fingerprint density at radius 3 is 2.40 bits per heavy atom. The fraction of sp³-hybridized carbons (Fsp3) is 0.567. The zero-order chi connectivity index (χ0) is 29.2. The lowest BCUT2D eigenvalue weighted by Crippen LogP contribution is -2.51. The van der Waals surface area contributed by atoms with E-state index in [9.17, 15) is 31.5 Å². The van der Waals surface area contributed by atoms with E-state index in [1.54, 1.807) is 35.2 Å². The van der Waals surface area contributed by atoms with Crippen LogP contribution in [0.4, 0.5) is 13.2 Å². The Kier molecular flexibility index (Phi) is 9.31. The highest BCUT2D eigenvalue weighted by Crippen LogP contribution is 2.39. The van der Waals surface area contributed by atoms with Crippen molar-refractivity contribution in [2.24, 2.45) is 11.8 Å². The first-order chi connectivity index (χ1) is 18.8. The molecule has 3 unspecified atom stereocenters. The van der Waals surface area contributed by atoms with Crippen LogP contribution in [0.1, 0.15) is 63.2 Å². The zero-order valence-electron chi connectivity index (χ0n) is 23.2. The highest BCUT2D eigenvalue weighted by atomic mass is 32.2. The molecular weight excluding hydrogens is 541 g/mol. The Bertz CT molecular complexity index is 1270. The van der Waals surface area contributed by atoms with Gasteiger partial charge in [-0.3, -0.25) is 4.79 Å². The van der Waals surface area contributed by atoms with Crippen LogP contribution in [0, 0.1) is 11.8 Å². The maximum atomic E-state index is 13.6. The molecule has 220 valence electrons. The molecule has 1 aliphatic carbocycles. The first kappa shape index (κ1) is 30.5. The summed E-state index contributed by atoms with van der Waals surface area (Å²) in [5.41, 5.74) is -0.709. The molecule has 1 N–H and O–H groups in total. The Hall–Kier alpha value is -2.43. The quantitative estimate of drug-likeness (QED) is 0.434. The number of carbonyl (C=O) groups excluding carboxylic acids is 1. The third-order valence-corrected chi connectivity index (χ3v) is 10.6. The topological polar surface area (TPSA) is 77.9 Å². The van der Waals surface area contributed by atoms with Crippen molar-refractivity contribution in [2.45, 2.75) is 81.3 Å². The van der Waals surface area contributed by atoms with E-state index in [1.165, 1.54) is 12.1 Å². The summed E-state index contributed by atoms with van der Waals surface area (Å²) in [5, 5.41) is 10.7. The molecule has 6 nitrogen and oxygen atoms in total. The van der Waals surface area contributed by atoms with E-state index >= 15 is 0 Å². The van der Waals surface area contributed by atoms with Crippen molar-refractivity contribution in [1.82, 2.24) is 9.80 Å². The number of carbonyl (C=O) groups is 1. The second kappa shape index (κ2) is 12.2. The molecule has 1 aliphatic heterocycles. The minimum absolute atomic E-state index is 0.0229. The van der Waals surface area contributed by atoms with Crippen molar-refractivity contribution in [3.05, 3.63) is 65.7 Å². The Morgan fingerprint density at radius 2 is 1.75 bits per heavy atom. The zero-order valence-corrected chi connectivity index (χ0v) is 24.0. The summed E-state index contributed by atoms with van der Waals surface area (Å²) >= 11 is 0. The van der Waals surface area contributed by atoms with Gasteiger partial charge < -0.3 is 14.9 Å². The molecule has 2 aromatic carbocycles. The van der Waals surface area contributed by atoms with Gasteiger partial charge in [-0.25, -0.2) is 8.42 Å². The second-order valence-electron chi connectivity index (χ2n) is 11.5. The van der Waals surface area contributed by atoms with Crippen molar-refractivity contribution in [2.75, 3.05) is 19.3 Å². The largest absolute Gasteiger partial charge is 0.416 e. The summed E-state index contributed by atoms with van der Waals surface area (Å²) in [6.07, 6.45) is -3.08. The van der Waals surface area contributed by atoms with Gasteiger partial charge in [0.05, 0.1) is 22.3 Å². The van der Waals surface area contributed by atoms with E-state index in [0.717, 1.165) is 18.6 Å². The predicted octanol–water partition coefficient (Wildman–Crippen LogP) is 5.33. The van der Waals surface area contributed by atoms with Gasteiger partial charge in [-0.1, -0.05) is 30.3 Å². The number of hydrogen-bond donors (Lipinski definition) is 1. The summed E-state index contributed by atoms with van der Waals surface area (Å²) < 4.78 is 66.2. The number of benzene rings is 2. The number of alkyl halides is 3. The number of sulfone groups is 1. The molecule has 2 fully saturated rings. The number of aliphatic hydroxyl groups excluding tert-OH is 1. The fourth-order valence-corrected chi connectivity index (χ4v) is 7.94. The first-order valence-corrected chi connectivity index (χ1v) is 15.6. The van der Waals surface area contributed by atoms with Crippen LogP contribution in [0.25, 0.3) is 0 Å². The van der Waals surface area contributed by atoms with Gasteiger partial charge >= 0.3 is 6.18 Å². The predicted molar refractivity (Wildman–Crippen MR) is 147 cm³/mol. The molecule has 1 saturated carbocycles. The molecule has 10 heteroatoms. The van der Waals surface area contributed by atoms with E-state index < -0.39 is 33.6 Å². The molecule has 2 aliphatic rings. The van der Waals surface area contributed by atoms with Crippen molar-refractivity contribution in [3.63, 3.8) is 0 Å². The smallest absolute Gasteiger partial charge is 0.388 e. The van der Waals surface area contributed by atoms with Crippen LogP contribution >= 0.6 is 0 Å². The van der Waals surface area contributed by atoms with Crippen molar-refractivity contribution in [1.29, 1.82) is 0 Å². The van der Waals surface area contributed by atoms with Crippen LogP contribution in [-0.4, -0.2) is 66.7 Å². The lowest BCUT2D eigenvalue weighted by Gasteiger charge is -2.44. The molecule has 0 aromatic heterocycles. The summed E-state index contributed by atoms with van der Waals surface area (Å²) in [6.45, 7) is 4.65. The third kappa shape index (κ3) is 6.89. The number of nitrogens with zero attached hydrogens (tertiary/aromatic N) is 2. The van der Waals surface area contributed by atoms with E-state index in [0.29, 0.717) is 31.8 Å². The SMILES string of the molecule is CC(C)N(C)C1CCC(N2CCC(C[C@H](O)c3cccc(C(F)(F)F)c3)C2=O)[C@H](CS(=O)(=O)c2ccccc2)C1. The van der Waals surface area contributed by atoms with Crippen LogP contribution in [0.5, 0.6) is 0 Å². The lowest BCUT2D eigenvalue weighted by molar-refractivity contribution is -0.138. The third-order valence-electron chi connectivity index (χ3n) is 8.70. The highest BCUT2D eigenvalue weighted by molar-refractivity contribution is 7.91.